The predicted molar refractivity (Wildman–Crippen MR) is 203 cm³/mol. The van der Waals surface area contributed by atoms with E-state index >= 15 is 0 Å². The molecule has 0 heterocycles. The van der Waals surface area contributed by atoms with Crippen LogP contribution in [-0.2, 0) is 28.7 Å². The fraction of sp³-hybridized carbons (Fsp3) is 0.872. The Kier molecular flexibility index (Phi) is 31.4. The number of ether oxygens (including phenoxy) is 2. The van der Waals surface area contributed by atoms with Crippen LogP contribution in [-0.4, -0.2) is 62.1 Å². The fourth-order valence-electron chi connectivity index (χ4n) is 5.96. The Bertz CT molecular complexity index is 911. The van der Waals surface area contributed by atoms with Crippen molar-refractivity contribution in [2.75, 3.05) is 26.3 Å². The molecule has 3 atom stereocenters. The first-order valence-electron chi connectivity index (χ1n) is 20.2. The first-order valence-corrected chi connectivity index (χ1v) is 20.2. The maximum absolute atomic E-state index is 12.9. The van der Waals surface area contributed by atoms with Gasteiger partial charge in [-0.3, -0.25) is 24.2 Å². The molecule has 0 saturated carbocycles. The standard InChI is InChI=1S/C39H75N5O6/c1-5-9-12-18-25-33(23-11-7-3)38(48)49-30-20-16-14-13-15-19-28-42-36(46)34(27-29-43-39(40)41)44-35(45)26-21-31-50-37(47)32(22-8-4)24-17-10-6-2/h32-34H,5-31H2,1-4H3,(H,42,46)(H,44,45)(H4,40,41,43)/t32?,33?,34-/m0/s1. The molecular formula is C39H75N5O6. The highest BCUT2D eigenvalue weighted by atomic mass is 16.5. The molecule has 0 aromatic carbocycles. The second-order valence-electron chi connectivity index (χ2n) is 13.7. The molecular weight excluding hydrogens is 634 g/mol. The summed E-state index contributed by atoms with van der Waals surface area (Å²) in [7, 11) is 0. The van der Waals surface area contributed by atoms with Gasteiger partial charge >= 0.3 is 11.9 Å². The number of nitrogens with two attached hydrogens (primary N) is 2. The third kappa shape index (κ3) is 26.9. The number of rotatable bonds is 34. The number of guanidine groups is 1. The van der Waals surface area contributed by atoms with Crippen molar-refractivity contribution in [3.63, 3.8) is 0 Å². The van der Waals surface area contributed by atoms with Gasteiger partial charge < -0.3 is 31.6 Å². The molecule has 0 saturated heterocycles. The van der Waals surface area contributed by atoms with Gasteiger partial charge in [-0.25, -0.2) is 0 Å². The second kappa shape index (κ2) is 33.3. The summed E-state index contributed by atoms with van der Waals surface area (Å²) < 4.78 is 11.1. The van der Waals surface area contributed by atoms with Crippen LogP contribution in [0.15, 0.2) is 4.99 Å². The number of amides is 2. The van der Waals surface area contributed by atoms with Crippen molar-refractivity contribution in [3.8, 4) is 0 Å². The highest BCUT2D eigenvalue weighted by Gasteiger charge is 2.22. The Hall–Kier alpha value is -2.85. The first-order chi connectivity index (χ1) is 24.2. The number of nitrogens with one attached hydrogen (secondary N) is 2. The number of nitrogens with zero attached hydrogens (tertiary/aromatic N) is 1. The van der Waals surface area contributed by atoms with Gasteiger partial charge in [-0.2, -0.15) is 0 Å². The molecule has 0 aliphatic carbocycles. The van der Waals surface area contributed by atoms with Crippen molar-refractivity contribution in [1.82, 2.24) is 10.6 Å². The average Bonchev–Trinajstić information content (AvgIpc) is 3.09. The van der Waals surface area contributed by atoms with E-state index in [1.807, 2.05) is 0 Å². The monoisotopic (exact) mass is 710 g/mol. The molecule has 0 aromatic heterocycles. The second-order valence-corrected chi connectivity index (χ2v) is 13.7. The Balaban J connectivity index is 4.39. The van der Waals surface area contributed by atoms with E-state index < -0.39 is 6.04 Å². The van der Waals surface area contributed by atoms with E-state index in [1.165, 1.54) is 19.3 Å². The molecule has 11 heteroatoms. The molecule has 0 aliphatic heterocycles. The molecule has 0 radical (unpaired) electrons. The van der Waals surface area contributed by atoms with Gasteiger partial charge in [0, 0.05) is 19.5 Å². The third-order valence-electron chi connectivity index (χ3n) is 9.04. The van der Waals surface area contributed by atoms with E-state index in [4.69, 9.17) is 20.9 Å². The molecule has 0 aliphatic rings. The van der Waals surface area contributed by atoms with Gasteiger partial charge in [-0.1, -0.05) is 118 Å². The van der Waals surface area contributed by atoms with E-state index in [0.717, 1.165) is 109 Å². The minimum absolute atomic E-state index is 0.0204. The summed E-state index contributed by atoms with van der Waals surface area (Å²) in [6, 6.07) is -0.763. The normalized spacial score (nSPS) is 12.8. The topological polar surface area (TPSA) is 175 Å². The van der Waals surface area contributed by atoms with Crippen LogP contribution in [0.5, 0.6) is 0 Å². The number of esters is 2. The van der Waals surface area contributed by atoms with Crippen molar-refractivity contribution in [1.29, 1.82) is 0 Å². The van der Waals surface area contributed by atoms with E-state index in [0.29, 0.717) is 19.6 Å². The lowest BCUT2D eigenvalue weighted by Crippen LogP contribution is -2.47. The summed E-state index contributed by atoms with van der Waals surface area (Å²) in [6.45, 7) is 9.95. The number of aliphatic imine (C=N–C) groups is 1. The lowest BCUT2D eigenvalue weighted by molar-refractivity contribution is -0.150. The smallest absolute Gasteiger partial charge is 0.308 e. The van der Waals surface area contributed by atoms with Gasteiger partial charge in [0.2, 0.25) is 11.8 Å². The molecule has 50 heavy (non-hydrogen) atoms. The van der Waals surface area contributed by atoms with Gasteiger partial charge in [0.1, 0.15) is 6.04 Å². The lowest BCUT2D eigenvalue weighted by atomic mass is 9.95. The molecule has 6 N–H and O–H groups in total. The third-order valence-corrected chi connectivity index (χ3v) is 9.04. The molecule has 292 valence electrons. The summed E-state index contributed by atoms with van der Waals surface area (Å²) >= 11 is 0. The molecule has 2 amide bonds. The van der Waals surface area contributed by atoms with Crippen molar-refractivity contribution in [2.24, 2.45) is 28.3 Å². The van der Waals surface area contributed by atoms with Crippen molar-refractivity contribution < 1.29 is 28.7 Å². The predicted octanol–water partition coefficient (Wildman–Crippen LogP) is 7.23. The summed E-state index contributed by atoms with van der Waals surface area (Å²) in [5.74, 6) is -0.867. The number of carbonyl (C=O) groups is 4. The van der Waals surface area contributed by atoms with Crippen LogP contribution >= 0.6 is 0 Å². The van der Waals surface area contributed by atoms with E-state index in [1.54, 1.807) is 0 Å². The average molecular weight is 710 g/mol. The minimum Gasteiger partial charge on any atom is -0.465 e. The highest BCUT2D eigenvalue weighted by molar-refractivity contribution is 5.87. The van der Waals surface area contributed by atoms with Crippen LogP contribution in [0.4, 0.5) is 0 Å². The Labute approximate surface area is 304 Å². The first kappa shape index (κ1) is 47.1. The van der Waals surface area contributed by atoms with Crippen LogP contribution in [0.1, 0.15) is 175 Å². The van der Waals surface area contributed by atoms with Crippen molar-refractivity contribution in [2.45, 2.75) is 181 Å². The number of carbonyl (C=O) groups excluding carboxylic acids is 4. The van der Waals surface area contributed by atoms with Crippen molar-refractivity contribution >= 4 is 29.7 Å². The SMILES string of the molecule is CCCCCCC(CCCC)C(=O)OCCCCCCCCNC(=O)[C@H](CCN=C(N)N)NC(=O)CCCOC(=O)C(CCC)CCCCC. The van der Waals surface area contributed by atoms with Crippen LogP contribution in [0.25, 0.3) is 0 Å². The molecule has 0 rings (SSSR count). The van der Waals surface area contributed by atoms with E-state index in [2.05, 4.69) is 43.3 Å². The van der Waals surface area contributed by atoms with Gasteiger partial charge in [0.15, 0.2) is 5.96 Å². The zero-order valence-corrected chi connectivity index (χ0v) is 32.4. The van der Waals surface area contributed by atoms with E-state index in [-0.39, 0.29) is 67.5 Å². The zero-order valence-electron chi connectivity index (χ0n) is 32.4. The number of hydrogen-bond acceptors (Lipinski definition) is 7. The Morgan fingerprint density at radius 3 is 1.72 bits per heavy atom. The number of hydrogen-bond donors (Lipinski definition) is 4. The largest absolute Gasteiger partial charge is 0.465 e. The maximum Gasteiger partial charge on any atom is 0.308 e. The van der Waals surface area contributed by atoms with Gasteiger partial charge in [0.05, 0.1) is 25.0 Å². The van der Waals surface area contributed by atoms with Gasteiger partial charge in [-0.15, -0.1) is 0 Å². The lowest BCUT2D eigenvalue weighted by Gasteiger charge is -2.18. The van der Waals surface area contributed by atoms with Crippen LogP contribution < -0.4 is 22.1 Å². The molecule has 2 unspecified atom stereocenters. The fourth-order valence-corrected chi connectivity index (χ4v) is 5.96. The maximum atomic E-state index is 12.9. The Morgan fingerprint density at radius 2 is 1.10 bits per heavy atom. The van der Waals surface area contributed by atoms with Gasteiger partial charge in [0.25, 0.3) is 0 Å². The zero-order chi connectivity index (χ0) is 37.2. The molecule has 11 nitrogen and oxygen atoms in total. The molecule has 0 aromatic rings. The molecule has 0 bridgehead atoms. The summed E-state index contributed by atoms with van der Waals surface area (Å²) in [5.41, 5.74) is 10.9. The van der Waals surface area contributed by atoms with E-state index in [9.17, 15) is 19.2 Å². The number of unbranched alkanes of at least 4 members (excludes halogenated alkanes) is 11. The summed E-state index contributed by atoms with van der Waals surface area (Å²) in [6.07, 6.45) is 21.1. The Morgan fingerprint density at radius 1 is 0.580 bits per heavy atom. The van der Waals surface area contributed by atoms with Gasteiger partial charge in [-0.05, 0) is 51.4 Å². The summed E-state index contributed by atoms with van der Waals surface area (Å²) in [4.78, 5) is 54.7. The van der Waals surface area contributed by atoms with Crippen LogP contribution in [0.3, 0.4) is 0 Å². The molecule has 0 spiro atoms. The quantitative estimate of drug-likeness (QED) is 0.0234. The highest BCUT2D eigenvalue weighted by Crippen LogP contribution is 2.20. The summed E-state index contributed by atoms with van der Waals surface area (Å²) in [5, 5.41) is 5.73. The minimum atomic E-state index is -0.763. The van der Waals surface area contributed by atoms with Crippen LogP contribution in [0, 0.1) is 11.8 Å². The van der Waals surface area contributed by atoms with Crippen molar-refractivity contribution in [3.05, 3.63) is 0 Å². The van der Waals surface area contributed by atoms with Crippen LogP contribution in [0.2, 0.25) is 0 Å². The molecule has 0 fully saturated rings.